The number of thiazole rings is 1. The number of hydrogen-bond acceptors (Lipinski definition) is 7. The molecule has 194 valence electrons. The van der Waals surface area contributed by atoms with Crippen molar-refractivity contribution in [3.8, 4) is 21.7 Å². The Morgan fingerprint density at radius 1 is 1.19 bits per heavy atom. The predicted octanol–water partition coefficient (Wildman–Crippen LogP) is 2.73. The lowest BCUT2D eigenvalue weighted by atomic mass is 10.0. The second-order valence-electron chi connectivity index (χ2n) is 9.13. The summed E-state index contributed by atoms with van der Waals surface area (Å²) in [6.07, 6.45) is 6.18. The highest BCUT2D eigenvalue weighted by atomic mass is 32.1. The fourth-order valence-corrected chi connectivity index (χ4v) is 5.60. The van der Waals surface area contributed by atoms with Gasteiger partial charge in [0.15, 0.2) is 0 Å². The van der Waals surface area contributed by atoms with Crippen LogP contribution in [-0.4, -0.2) is 73.2 Å². The van der Waals surface area contributed by atoms with Crippen molar-refractivity contribution in [1.29, 1.82) is 0 Å². The molecule has 3 N–H and O–H groups in total. The monoisotopic (exact) mass is 528 g/mol. The van der Waals surface area contributed by atoms with E-state index in [0.29, 0.717) is 59.1 Å². The Kier molecular flexibility index (Phi) is 6.50. The number of rotatable bonds is 7. The van der Waals surface area contributed by atoms with Crippen molar-refractivity contribution in [2.75, 3.05) is 26.2 Å². The molecular formula is C24H26F2N8O2S. The number of piperidine rings is 1. The lowest BCUT2D eigenvalue weighted by Gasteiger charge is -2.31. The maximum absolute atomic E-state index is 13.4. The number of aryl methyl sites for hydroxylation is 2. The van der Waals surface area contributed by atoms with Crippen LogP contribution in [0.4, 0.5) is 8.78 Å². The Balaban J connectivity index is 1.43. The molecule has 0 aromatic carbocycles. The highest BCUT2D eigenvalue weighted by Crippen LogP contribution is 2.41. The highest BCUT2D eigenvalue weighted by Gasteiger charge is 2.33. The van der Waals surface area contributed by atoms with Crippen LogP contribution in [0.1, 0.15) is 39.3 Å². The molecule has 5 rings (SSSR count). The van der Waals surface area contributed by atoms with E-state index < -0.39 is 11.8 Å². The van der Waals surface area contributed by atoms with Gasteiger partial charge in [-0.1, -0.05) is 0 Å². The quantitative estimate of drug-likeness (QED) is 0.380. The molecule has 1 fully saturated rings. The number of nitrogens with zero attached hydrogens (tertiary/aromatic N) is 6. The van der Waals surface area contributed by atoms with Crippen molar-refractivity contribution in [2.45, 2.75) is 25.7 Å². The number of aromatic nitrogens is 5. The van der Waals surface area contributed by atoms with Crippen molar-refractivity contribution < 1.29 is 18.4 Å². The van der Waals surface area contributed by atoms with Crippen LogP contribution in [0.3, 0.4) is 0 Å². The zero-order chi connectivity index (χ0) is 26.3. The molecule has 1 aliphatic rings. The summed E-state index contributed by atoms with van der Waals surface area (Å²) in [4.78, 5) is 32.7. The summed E-state index contributed by atoms with van der Waals surface area (Å²) in [6.45, 7) is 3.27. The first-order valence-corrected chi connectivity index (χ1v) is 12.6. The van der Waals surface area contributed by atoms with Crippen molar-refractivity contribution in [1.82, 2.24) is 34.6 Å². The summed E-state index contributed by atoms with van der Waals surface area (Å²) in [7, 11) is 1.81. The van der Waals surface area contributed by atoms with E-state index >= 15 is 0 Å². The molecule has 0 atom stereocenters. The number of halogens is 2. The number of alkyl halides is 2. The Morgan fingerprint density at radius 3 is 2.62 bits per heavy atom. The second-order valence-corrected chi connectivity index (χ2v) is 10.1. The molecule has 5 heterocycles. The van der Waals surface area contributed by atoms with Crippen molar-refractivity contribution in [2.24, 2.45) is 12.8 Å². The Hall–Kier alpha value is -3.71. The van der Waals surface area contributed by atoms with Crippen LogP contribution >= 0.6 is 11.3 Å². The van der Waals surface area contributed by atoms with Crippen LogP contribution in [-0.2, 0) is 7.05 Å². The van der Waals surface area contributed by atoms with Crippen LogP contribution < -0.4 is 11.1 Å². The van der Waals surface area contributed by atoms with Gasteiger partial charge in [-0.05, 0) is 13.0 Å². The van der Waals surface area contributed by atoms with E-state index in [-0.39, 0.29) is 18.7 Å². The van der Waals surface area contributed by atoms with Gasteiger partial charge in [0, 0.05) is 75.3 Å². The number of nitrogens with one attached hydrogen (secondary N) is 1. The van der Waals surface area contributed by atoms with Gasteiger partial charge in [0.05, 0.1) is 34.1 Å². The van der Waals surface area contributed by atoms with Crippen LogP contribution in [0, 0.1) is 6.92 Å². The molecule has 4 aromatic heterocycles. The molecule has 10 nitrogen and oxygen atoms in total. The summed E-state index contributed by atoms with van der Waals surface area (Å²) in [5, 5.41) is 11.5. The topological polar surface area (TPSA) is 123 Å². The zero-order valence-electron chi connectivity index (χ0n) is 20.4. The molecule has 0 saturated carbocycles. The average molecular weight is 529 g/mol. The van der Waals surface area contributed by atoms with E-state index in [2.05, 4.69) is 20.5 Å². The summed E-state index contributed by atoms with van der Waals surface area (Å²) in [5.41, 5.74) is 9.07. The van der Waals surface area contributed by atoms with E-state index in [1.807, 2.05) is 25.1 Å². The Labute approximate surface area is 215 Å². The first kappa shape index (κ1) is 25.0. The molecule has 1 saturated heterocycles. The third-order valence-electron chi connectivity index (χ3n) is 6.49. The largest absolute Gasteiger partial charge is 0.365 e. The van der Waals surface area contributed by atoms with Crippen molar-refractivity contribution >= 4 is 28.0 Å². The summed E-state index contributed by atoms with van der Waals surface area (Å²) >= 11 is 1.36. The van der Waals surface area contributed by atoms with Gasteiger partial charge in [-0.15, -0.1) is 11.3 Å². The van der Waals surface area contributed by atoms with Crippen LogP contribution in [0.5, 0.6) is 0 Å². The standard InChI is InChI=1S/C24H26F2N8O2S/c1-14-17(9-15(10-29-14)22(36)28-5-8-33-6-3-24(25,26)4-7-33)19-20(16-11-30-32(2)13-16)37-23-18(21(27)35)12-31-34(19)23/h9-13H,3-8H2,1-2H3,(H2,27,35)(H,28,36). The third kappa shape index (κ3) is 4.96. The zero-order valence-corrected chi connectivity index (χ0v) is 21.2. The Morgan fingerprint density at radius 2 is 1.95 bits per heavy atom. The van der Waals surface area contributed by atoms with Crippen molar-refractivity contribution in [3.63, 3.8) is 0 Å². The smallest absolute Gasteiger partial charge is 0.253 e. The van der Waals surface area contributed by atoms with Gasteiger partial charge in [0.2, 0.25) is 0 Å². The number of fused-ring (bicyclic) bond motifs is 1. The van der Waals surface area contributed by atoms with Gasteiger partial charge in [-0.25, -0.2) is 13.3 Å². The SMILES string of the molecule is Cc1ncc(C(=O)NCCN2CCC(F)(F)CC2)cc1-c1c(-c2cnn(C)c2)sc2c(C(N)=O)cnn12. The third-order valence-corrected chi connectivity index (χ3v) is 7.71. The molecule has 2 amide bonds. The highest BCUT2D eigenvalue weighted by molar-refractivity contribution is 7.21. The number of nitrogens with two attached hydrogens (primary N) is 1. The van der Waals surface area contributed by atoms with E-state index in [4.69, 9.17) is 5.73 Å². The number of carbonyl (C=O) groups excluding carboxylic acids is 2. The summed E-state index contributed by atoms with van der Waals surface area (Å²) in [5.74, 6) is -3.50. The van der Waals surface area contributed by atoms with E-state index in [0.717, 1.165) is 10.4 Å². The first-order valence-electron chi connectivity index (χ1n) is 11.8. The molecule has 0 unspecified atom stereocenters. The summed E-state index contributed by atoms with van der Waals surface area (Å²) < 4.78 is 30.1. The molecule has 0 aliphatic carbocycles. The number of pyridine rings is 1. The normalized spacial score (nSPS) is 15.8. The predicted molar refractivity (Wildman–Crippen MR) is 135 cm³/mol. The number of primary amides is 1. The minimum Gasteiger partial charge on any atom is -0.365 e. The van der Waals surface area contributed by atoms with Gasteiger partial charge in [-0.3, -0.25) is 19.3 Å². The fraction of sp³-hybridized carbons (Fsp3) is 0.375. The lowest BCUT2D eigenvalue weighted by molar-refractivity contribution is -0.0547. The molecular weight excluding hydrogens is 502 g/mol. The number of hydrogen-bond donors (Lipinski definition) is 2. The maximum Gasteiger partial charge on any atom is 0.253 e. The molecule has 0 bridgehead atoms. The van der Waals surface area contributed by atoms with Crippen LogP contribution in [0.2, 0.25) is 0 Å². The minimum absolute atomic E-state index is 0.161. The number of likely N-dealkylation sites (tertiary alicyclic amines) is 1. The molecule has 4 aromatic rings. The molecule has 37 heavy (non-hydrogen) atoms. The second kappa shape index (κ2) is 9.63. The maximum atomic E-state index is 13.4. The first-order chi connectivity index (χ1) is 17.6. The Bertz CT molecular complexity index is 1480. The van der Waals surface area contributed by atoms with Gasteiger partial charge in [0.1, 0.15) is 4.83 Å². The average Bonchev–Trinajstić information content (AvgIpc) is 3.55. The molecule has 0 spiro atoms. The van der Waals surface area contributed by atoms with Crippen LogP contribution in [0.15, 0.2) is 30.9 Å². The molecule has 13 heteroatoms. The van der Waals surface area contributed by atoms with Crippen LogP contribution in [0.25, 0.3) is 26.5 Å². The van der Waals surface area contributed by atoms with Gasteiger partial charge in [0.25, 0.3) is 17.7 Å². The molecule has 0 radical (unpaired) electrons. The van der Waals surface area contributed by atoms with Gasteiger partial charge >= 0.3 is 0 Å². The van der Waals surface area contributed by atoms with E-state index in [1.54, 1.807) is 21.5 Å². The van der Waals surface area contributed by atoms with E-state index in [1.165, 1.54) is 23.7 Å². The van der Waals surface area contributed by atoms with Gasteiger partial charge in [-0.2, -0.15) is 10.2 Å². The number of carbonyl (C=O) groups is 2. The minimum atomic E-state index is -2.60. The van der Waals surface area contributed by atoms with E-state index in [9.17, 15) is 18.4 Å². The fourth-order valence-electron chi connectivity index (χ4n) is 4.41. The lowest BCUT2D eigenvalue weighted by Crippen LogP contribution is -2.43. The summed E-state index contributed by atoms with van der Waals surface area (Å²) in [6, 6.07) is 1.74. The van der Waals surface area contributed by atoms with Crippen molar-refractivity contribution in [3.05, 3.63) is 47.7 Å². The van der Waals surface area contributed by atoms with Gasteiger partial charge < -0.3 is 16.0 Å². The number of amides is 2. The molecule has 1 aliphatic heterocycles.